The Balaban J connectivity index is 0.000000130. The van der Waals surface area contributed by atoms with E-state index in [1.165, 1.54) is 82.8 Å². The van der Waals surface area contributed by atoms with E-state index in [-0.39, 0.29) is 48.9 Å². The molecule has 0 aliphatic carbocycles. The maximum atomic E-state index is 11.9. The van der Waals surface area contributed by atoms with Crippen LogP contribution in [0, 0.1) is 0 Å². The number of thioether (sulfide) groups is 1. The summed E-state index contributed by atoms with van der Waals surface area (Å²) in [5, 5.41) is 33.9. The lowest BCUT2D eigenvalue weighted by Crippen LogP contribution is -2.47. The first kappa shape index (κ1) is 85.8. The maximum Gasteiger partial charge on any atom is 0.265 e. The van der Waals surface area contributed by atoms with E-state index in [0.29, 0.717) is 43.3 Å². The summed E-state index contributed by atoms with van der Waals surface area (Å²) in [6, 6.07) is 0. The summed E-state index contributed by atoms with van der Waals surface area (Å²) in [6.45, 7) is 38.7. The van der Waals surface area contributed by atoms with Crippen molar-refractivity contribution in [1.29, 1.82) is 0 Å². The highest BCUT2D eigenvalue weighted by Crippen LogP contribution is 2.48. The predicted molar refractivity (Wildman–Crippen MR) is 445 cm³/mol. The van der Waals surface area contributed by atoms with Crippen molar-refractivity contribution in [2.75, 3.05) is 55.1 Å². The number of hydrogen-bond donors (Lipinski definition) is 3. The number of thiophene rings is 8. The van der Waals surface area contributed by atoms with Crippen LogP contribution in [0.15, 0.2) is 128 Å². The van der Waals surface area contributed by atoms with Crippen LogP contribution in [0.3, 0.4) is 0 Å². The smallest absolute Gasteiger partial charge is 0.265 e. The number of sulfone groups is 2. The van der Waals surface area contributed by atoms with E-state index in [1.807, 2.05) is 88.0 Å². The van der Waals surface area contributed by atoms with E-state index in [2.05, 4.69) is 111 Å². The molecule has 588 valence electrons. The van der Waals surface area contributed by atoms with Crippen molar-refractivity contribution in [1.82, 2.24) is 23.7 Å². The van der Waals surface area contributed by atoms with Gasteiger partial charge in [-0.3, -0.25) is 13.8 Å². The van der Waals surface area contributed by atoms with E-state index in [1.54, 1.807) is 107 Å². The third-order valence-corrected chi connectivity index (χ3v) is 39.6. The van der Waals surface area contributed by atoms with E-state index in [0.717, 1.165) is 57.6 Å². The number of nitrogens with zero attached hydrogens (tertiary/aromatic N) is 3. The number of aromatic nitrogens is 2. The Morgan fingerprint density at radius 2 is 0.981 bits per heavy atom. The second kappa shape index (κ2) is 30.6. The van der Waals surface area contributed by atoms with Gasteiger partial charge in [-0.1, -0.05) is 96.9 Å². The van der Waals surface area contributed by atoms with Gasteiger partial charge >= 0.3 is 0 Å². The Bertz CT molecular complexity index is 5360. The van der Waals surface area contributed by atoms with Crippen molar-refractivity contribution in [3.63, 3.8) is 0 Å². The van der Waals surface area contributed by atoms with Gasteiger partial charge in [0.25, 0.3) is 15.9 Å². The van der Waals surface area contributed by atoms with Crippen molar-refractivity contribution < 1.29 is 60.6 Å². The number of likely N-dealkylation sites (N-methyl/N-ethyl adjacent to an activating group) is 1. The van der Waals surface area contributed by atoms with Gasteiger partial charge in [0.05, 0.1) is 77.1 Å². The monoisotopic (exact) mass is 1760 g/mol. The summed E-state index contributed by atoms with van der Waals surface area (Å²) < 4.78 is 138. The fraction of sp³-hybridized carbons (Fsp3) is 0.479. The molecule has 2 amide bonds. The van der Waals surface area contributed by atoms with Gasteiger partial charge in [-0.25, -0.2) is 65.8 Å². The number of nitrogens with one attached hydrogen (secondary N) is 3. The van der Waals surface area contributed by atoms with E-state index >= 15 is 0 Å². The fourth-order valence-electron chi connectivity index (χ4n) is 13.2. The fourth-order valence-corrected chi connectivity index (χ4v) is 35.2. The van der Waals surface area contributed by atoms with Gasteiger partial charge in [0.1, 0.15) is 21.7 Å². The number of hydrogen-bond acceptors (Lipinski definition) is 26. The van der Waals surface area contributed by atoms with Crippen molar-refractivity contribution >= 4 is 181 Å². The molecule has 1 unspecified atom stereocenters. The van der Waals surface area contributed by atoms with E-state index < -0.39 is 82.5 Å². The number of amides is 2. The molecule has 9 aromatic heterocycles. The molecule has 18 heterocycles. The third-order valence-electron chi connectivity index (χ3n) is 20.0. The number of anilines is 1. The molecule has 0 fully saturated rings. The SMILES string of the molecule is CC1(C)C(=O)NS(=O)(=O)c2cscc21.CC1(C)CNc2cncnc21.CC1(C)COc2cscc21.CC1(C)CS(=O)(=O)c2cscc21.CC1(C)CS(=O)(=O)c2cscc21.CC1(C)CS(=O)c2cscc21.CC1(C)CSc2cscc21.CC1(C)c2cscc2C(=O)NS1(=O)=O.CN1CC(C)(C)c2cscc2S1(=O)=O. The Hall–Kier alpha value is -4.57. The number of carbonyl (C=O) groups is 2. The molecular formula is C73H92N6O14S15. The Kier molecular flexibility index (Phi) is 24.4. The van der Waals surface area contributed by atoms with Crippen LogP contribution in [0.25, 0.3) is 0 Å². The normalized spacial score (nSPS) is 22.8. The third kappa shape index (κ3) is 17.3. The molecule has 9 aliphatic rings. The molecule has 35 heteroatoms. The molecular weight excluding hydrogens is 1670 g/mol. The Labute approximate surface area is 675 Å². The summed E-state index contributed by atoms with van der Waals surface area (Å²) in [5.74, 6) is 2.67. The number of ether oxygens (including phenoxy) is 1. The zero-order valence-electron chi connectivity index (χ0n) is 63.5. The van der Waals surface area contributed by atoms with Gasteiger partial charge in [0.2, 0.25) is 26.0 Å². The van der Waals surface area contributed by atoms with Crippen molar-refractivity contribution in [2.24, 2.45) is 0 Å². The number of carbonyl (C=O) groups excluding carboxylic acids is 2. The number of fused-ring (bicyclic) bond motifs is 9. The maximum absolute atomic E-state index is 11.9. The quantitative estimate of drug-likeness (QED) is 0.127. The van der Waals surface area contributed by atoms with Crippen LogP contribution < -0.4 is 19.5 Å². The van der Waals surface area contributed by atoms with Gasteiger partial charge in [-0.05, 0) is 110 Å². The van der Waals surface area contributed by atoms with Crippen LogP contribution in [-0.4, -0.2) is 122 Å². The second-order valence-electron chi connectivity index (χ2n) is 32.9. The van der Waals surface area contributed by atoms with Crippen LogP contribution in [0.2, 0.25) is 0 Å². The highest BCUT2D eigenvalue weighted by atomic mass is 32.2. The summed E-state index contributed by atoms with van der Waals surface area (Å²) in [4.78, 5) is 35.5. The molecule has 0 spiro atoms. The molecule has 108 heavy (non-hydrogen) atoms. The Morgan fingerprint density at radius 1 is 0.491 bits per heavy atom. The molecule has 9 aromatic rings. The highest BCUT2D eigenvalue weighted by Gasteiger charge is 2.47. The average Bonchev–Trinajstić information content (AvgIpc) is 1.67. The molecule has 20 nitrogen and oxygen atoms in total. The van der Waals surface area contributed by atoms with E-state index in [4.69, 9.17) is 4.74 Å². The summed E-state index contributed by atoms with van der Waals surface area (Å²) in [7, 11) is -15.4. The van der Waals surface area contributed by atoms with Crippen LogP contribution in [0.4, 0.5) is 5.69 Å². The van der Waals surface area contributed by atoms with Crippen LogP contribution >= 0.6 is 102 Å². The van der Waals surface area contributed by atoms with Crippen molar-refractivity contribution in [2.45, 2.75) is 202 Å². The molecule has 0 radical (unpaired) electrons. The van der Waals surface area contributed by atoms with Gasteiger partial charge in [0.15, 0.2) is 19.7 Å². The molecule has 0 saturated heterocycles. The Morgan fingerprint density at radius 3 is 1.54 bits per heavy atom. The molecule has 3 N–H and O–H groups in total. The van der Waals surface area contributed by atoms with Gasteiger partial charge < -0.3 is 10.1 Å². The molecule has 0 bridgehead atoms. The first-order chi connectivity index (χ1) is 49.7. The van der Waals surface area contributed by atoms with Gasteiger partial charge in [-0.15, -0.1) is 23.1 Å². The minimum atomic E-state index is -3.61. The lowest BCUT2D eigenvalue weighted by atomic mass is 9.86. The highest BCUT2D eigenvalue weighted by molar-refractivity contribution is 7.99. The number of rotatable bonds is 0. The molecule has 0 saturated carbocycles. The van der Waals surface area contributed by atoms with Crippen LogP contribution in [0.1, 0.15) is 185 Å². The average molecular weight is 1760 g/mol. The predicted octanol–water partition coefficient (Wildman–Crippen LogP) is 16.1. The first-order valence-corrected chi connectivity index (χ1v) is 51.5. The van der Waals surface area contributed by atoms with Crippen LogP contribution in [-0.2, 0) is 113 Å². The van der Waals surface area contributed by atoms with Gasteiger partial charge in [0, 0.05) is 123 Å². The van der Waals surface area contributed by atoms with E-state index in [9.17, 15) is 55.9 Å². The minimum absolute atomic E-state index is 0.0740. The molecule has 0 aromatic carbocycles. The first-order valence-electron chi connectivity index (χ1n) is 33.9. The lowest BCUT2D eigenvalue weighted by Gasteiger charge is -2.35. The topological polar surface area (TPSA) is 296 Å². The molecule has 9 aliphatic heterocycles. The zero-order valence-corrected chi connectivity index (χ0v) is 75.8. The van der Waals surface area contributed by atoms with Crippen LogP contribution in [0.5, 0.6) is 5.75 Å². The van der Waals surface area contributed by atoms with Crippen molar-refractivity contribution in [3.05, 3.63) is 154 Å². The second-order valence-corrected chi connectivity index (χ2v) is 51.1. The largest absolute Gasteiger partial charge is 0.491 e. The summed E-state index contributed by atoms with van der Waals surface area (Å²) in [5.41, 5.74) is 10.8. The lowest BCUT2D eigenvalue weighted by molar-refractivity contribution is -0.124. The zero-order chi connectivity index (χ0) is 80.0. The standard InChI is InChI=1S/C9H13NO2S2.C8H11N3.2C8H9NO3S2.2C8H10O2S2.C8H10OS2.C8H10OS.C8H10S2/c1-9(2)6-10(3)14(11,12)8-5-13-4-7(8)9;1-8(2)4-10-6-3-9-5-11-7(6)8;1-8(2)5-3-13-4-6(5)14(11,12)9-7(8)10;1-8(2)6-4-13-3-5(6)7(10)9-14(8,11)12;2*1-8(2)5-12(9,10)7-4-11-3-6(7)8;1-8(2)5-11(9)7-4-10-3-6(7)8;1-8(2)5-9-7-4-10-3-6(7)8;1-8(2)5-10-7-4-9-3-6(7)8/h4-5H,6H2,1-3H3;3,5,10H,4H2,1-2H3;2*3-4H,1-2H3,(H,9,10);2*3-4H,5H2,1-2H3;3-4H,5H2,1-2H3;2*3-4H,5H2,1-2H3. The molecule has 18 rings (SSSR count). The minimum Gasteiger partial charge on any atom is -0.491 e. The number of sulfonamides is 3. The summed E-state index contributed by atoms with van der Waals surface area (Å²) in [6.07, 6.45) is 3.44. The van der Waals surface area contributed by atoms with Crippen molar-refractivity contribution in [3.8, 4) is 5.75 Å². The molecule has 1 atom stereocenters. The van der Waals surface area contributed by atoms with Gasteiger partial charge in [-0.2, -0.15) is 79.4 Å². The summed E-state index contributed by atoms with van der Waals surface area (Å²) >= 11 is 14.2.